The Morgan fingerprint density at radius 1 is 1.44 bits per heavy atom. The molecule has 0 aliphatic rings. The molecule has 18 heavy (non-hydrogen) atoms. The maximum atomic E-state index is 11.7. The third kappa shape index (κ3) is 3.96. The minimum absolute atomic E-state index is 0.0532. The van der Waals surface area contributed by atoms with E-state index in [0.717, 1.165) is 10.3 Å². The summed E-state index contributed by atoms with van der Waals surface area (Å²) >= 11 is 6.03. The van der Waals surface area contributed by atoms with Gasteiger partial charge in [-0.1, -0.05) is 21.9 Å². The van der Waals surface area contributed by atoms with Crippen molar-refractivity contribution in [2.75, 3.05) is 18.1 Å². The van der Waals surface area contributed by atoms with Crippen LogP contribution < -0.4 is 9.64 Å². The average molecular weight is 310 g/mol. The maximum absolute atomic E-state index is 11.7. The molecule has 102 valence electrons. The van der Waals surface area contributed by atoms with Gasteiger partial charge in [0.05, 0.1) is 13.0 Å². The largest absolute Gasteiger partial charge is 0.466 e. The van der Waals surface area contributed by atoms with Crippen molar-refractivity contribution in [3.63, 3.8) is 0 Å². The Balaban J connectivity index is 2.79. The molecule has 0 radical (unpaired) electrons. The molecule has 0 aromatic carbocycles. The number of carbonyl (C=O) groups is 1. The minimum Gasteiger partial charge on any atom is -0.466 e. The van der Waals surface area contributed by atoms with Crippen molar-refractivity contribution in [3.05, 3.63) is 13.9 Å². The van der Waals surface area contributed by atoms with E-state index in [1.165, 1.54) is 10.3 Å². The summed E-state index contributed by atoms with van der Waals surface area (Å²) in [5.41, 5.74) is 0.506. The quantitative estimate of drug-likeness (QED) is 0.598. The lowest BCUT2D eigenvalue weighted by Gasteiger charge is -2.26. The Labute approximate surface area is 119 Å². The highest BCUT2D eigenvalue weighted by atomic mass is 35.5. The van der Waals surface area contributed by atoms with Crippen molar-refractivity contribution in [1.29, 1.82) is 0 Å². The van der Waals surface area contributed by atoms with Gasteiger partial charge in [-0.3, -0.25) is 9.59 Å². The van der Waals surface area contributed by atoms with E-state index in [9.17, 15) is 9.59 Å². The van der Waals surface area contributed by atoms with Crippen LogP contribution in [0.5, 0.6) is 0 Å². The van der Waals surface area contributed by atoms with Gasteiger partial charge in [-0.2, -0.15) is 0 Å². The van der Waals surface area contributed by atoms with Crippen LogP contribution in [0.1, 0.15) is 27.2 Å². The molecule has 1 rings (SSSR count). The highest BCUT2D eigenvalue weighted by molar-refractivity contribution is 7.70. The fourth-order valence-corrected chi connectivity index (χ4v) is 3.79. The van der Waals surface area contributed by atoms with Gasteiger partial charge < -0.3 is 9.64 Å². The van der Waals surface area contributed by atoms with Gasteiger partial charge in [-0.25, -0.2) is 0 Å². The van der Waals surface area contributed by atoms with Gasteiger partial charge in [0.25, 0.3) is 4.74 Å². The third-order valence-corrected chi connectivity index (χ3v) is 5.00. The highest BCUT2D eigenvalue weighted by Gasteiger charge is 2.20. The first-order valence-corrected chi connectivity index (χ1v) is 8.21. The summed E-state index contributed by atoms with van der Waals surface area (Å²) in [5, 5.41) is 0. The standard InChI is InChI=1S/C11H16ClNO3S2/c1-4-16-8(14)5-6-13(7(2)3)9-10(12)17-18-11(9)15/h7H,4-6H2,1-3H3. The zero-order valence-corrected chi connectivity index (χ0v) is 13.0. The van der Waals surface area contributed by atoms with Crippen LogP contribution in [0.4, 0.5) is 5.69 Å². The summed E-state index contributed by atoms with van der Waals surface area (Å²) in [5.74, 6) is -0.259. The summed E-state index contributed by atoms with van der Waals surface area (Å²) in [6, 6.07) is 0.103. The monoisotopic (exact) mass is 309 g/mol. The van der Waals surface area contributed by atoms with Crippen molar-refractivity contribution >= 4 is 43.9 Å². The zero-order valence-electron chi connectivity index (χ0n) is 10.6. The van der Waals surface area contributed by atoms with Crippen LogP contribution >= 0.6 is 32.3 Å². The summed E-state index contributed by atoms with van der Waals surface area (Å²) in [6.45, 7) is 6.50. The fraction of sp³-hybridized carbons (Fsp3) is 0.636. The number of halogens is 1. The van der Waals surface area contributed by atoms with E-state index in [1.54, 1.807) is 6.92 Å². The number of hydrogen-bond donors (Lipinski definition) is 0. The molecular formula is C11H16ClNO3S2. The molecule has 0 saturated heterocycles. The van der Waals surface area contributed by atoms with Crippen LogP contribution in [0.2, 0.25) is 4.34 Å². The van der Waals surface area contributed by atoms with Gasteiger partial charge in [0.1, 0.15) is 10.0 Å². The first kappa shape index (κ1) is 15.5. The first-order chi connectivity index (χ1) is 8.47. The Bertz CT molecular complexity index is 455. The maximum Gasteiger partial charge on any atom is 0.307 e. The van der Waals surface area contributed by atoms with Crippen LogP contribution in [-0.2, 0) is 9.53 Å². The number of anilines is 1. The van der Waals surface area contributed by atoms with Crippen molar-refractivity contribution in [1.82, 2.24) is 0 Å². The van der Waals surface area contributed by atoms with E-state index >= 15 is 0 Å². The number of rotatable bonds is 6. The van der Waals surface area contributed by atoms with Crippen LogP contribution in [0.3, 0.4) is 0 Å². The summed E-state index contributed by atoms with van der Waals surface area (Å²) in [7, 11) is 2.38. The predicted octanol–water partition coefficient (Wildman–Crippen LogP) is 2.99. The Morgan fingerprint density at radius 2 is 2.11 bits per heavy atom. The lowest BCUT2D eigenvalue weighted by Crippen LogP contribution is -2.35. The molecule has 0 aliphatic carbocycles. The highest BCUT2D eigenvalue weighted by Crippen LogP contribution is 2.31. The third-order valence-electron chi connectivity index (χ3n) is 2.34. The van der Waals surface area contributed by atoms with Crippen molar-refractivity contribution < 1.29 is 9.53 Å². The molecule has 0 N–H and O–H groups in total. The predicted molar refractivity (Wildman–Crippen MR) is 77.2 cm³/mol. The van der Waals surface area contributed by atoms with Crippen LogP contribution in [0, 0.1) is 0 Å². The molecule has 0 fully saturated rings. The zero-order chi connectivity index (χ0) is 13.7. The van der Waals surface area contributed by atoms with Gasteiger partial charge in [-0.15, -0.1) is 0 Å². The first-order valence-electron chi connectivity index (χ1n) is 5.68. The number of hydrogen-bond acceptors (Lipinski definition) is 6. The second-order valence-corrected chi connectivity index (χ2v) is 6.63. The molecule has 1 aromatic rings. The Hall–Kier alpha value is -0.590. The van der Waals surface area contributed by atoms with Gasteiger partial charge in [-0.05, 0) is 31.1 Å². The molecule has 4 nitrogen and oxygen atoms in total. The minimum atomic E-state index is -0.259. The lowest BCUT2D eigenvalue weighted by molar-refractivity contribution is -0.142. The molecule has 7 heteroatoms. The Kier molecular flexibility index (Phi) is 6.11. The average Bonchev–Trinajstić information content (AvgIpc) is 2.61. The van der Waals surface area contributed by atoms with Crippen LogP contribution in [0.25, 0.3) is 0 Å². The number of nitrogens with zero attached hydrogens (tertiary/aromatic N) is 1. The molecule has 1 heterocycles. The molecule has 0 saturated carbocycles. The number of ether oxygens (including phenoxy) is 1. The SMILES string of the molecule is CCOC(=O)CCN(c1c(Cl)ssc1=O)C(C)C. The Morgan fingerprint density at radius 3 is 2.56 bits per heavy atom. The van der Waals surface area contributed by atoms with Crippen molar-refractivity contribution in [3.8, 4) is 0 Å². The molecule has 0 amide bonds. The van der Waals surface area contributed by atoms with Gasteiger partial charge in [0.2, 0.25) is 0 Å². The van der Waals surface area contributed by atoms with Crippen molar-refractivity contribution in [2.45, 2.75) is 33.2 Å². The van der Waals surface area contributed by atoms with E-state index in [-0.39, 0.29) is 23.2 Å². The van der Waals surface area contributed by atoms with Crippen LogP contribution in [-0.4, -0.2) is 25.2 Å². The summed E-state index contributed by atoms with van der Waals surface area (Å²) in [4.78, 5) is 25.0. The number of esters is 1. The molecular weight excluding hydrogens is 294 g/mol. The fourth-order valence-electron chi connectivity index (χ4n) is 1.54. The van der Waals surface area contributed by atoms with Gasteiger partial charge in [0, 0.05) is 12.6 Å². The molecule has 0 spiro atoms. The van der Waals surface area contributed by atoms with Gasteiger partial charge >= 0.3 is 5.97 Å². The topological polar surface area (TPSA) is 46.6 Å². The molecule has 0 atom stereocenters. The normalized spacial score (nSPS) is 10.7. The number of carbonyl (C=O) groups excluding carboxylic acids is 1. The van der Waals surface area contributed by atoms with E-state index < -0.39 is 0 Å². The second kappa shape index (κ2) is 7.11. The summed E-state index contributed by atoms with van der Waals surface area (Å²) in [6.07, 6.45) is 0.252. The van der Waals surface area contributed by atoms with E-state index in [2.05, 4.69) is 0 Å². The van der Waals surface area contributed by atoms with Crippen molar-refractivity contribution in [2.24, 2.45) is 0 Å². The second-order valence-electron chi connectivity index (χ2n) is 3.92. The smallest absolute Gasteiger partial charge is 0.307 e. The molecule has 1 aromatic heterocycles. The van der Waals surface area contributed by atoms with E-state index in [4.69, 9.17) is 16.3 Å². The molecule has 0 unspecified atom stereocenters. The lowest BCUT2D eigenvalue weighted by atomic mass is 10.2. The summed E-state index contributed by atoms with van der Waals surface area (Å²) < 4.78 is 5.31. The van der Waals surface area contributed by atoms with E-state index in [0.29, 0.717) is 23.2 Å². The molecule has 0 bridgehead atoms. The van der Waals surface area contributed by atoms with E-state index in [1.807, 2.05) is 18.7 Å². The van der Waals surface area contributed by atoms with Gasteiger partial charge in [0.15, 0.2) is 0 Å². The van der Waals surface area contributed by atoms with Crippen LogP contribution in [0.15, 0.2) is 4.79 Å². The molecule has 0 aliphatic heterocycles.